The van der Waals surface area contributed by atoms with E-state index in [9.17, 15) is 4.79 Å². The molecule has 1 unspecified atom stereocenters. The lowest BCUT2D eigenvalue weighted by molar-refractivity contribution is -0.135. The number of fused-ring (bicyclic) bond motifs is 1. The Kier molecular flexibility index (Phi) is 3.84. The number of imidazole rings is 1. The lowest BCUT2D eigenvalue weighted by Crippen LogP contribution is -2.42. The summed E-state index contributed by atoms with van der Waals surface area (Å²) in [6.45, 7) is 4.80. The highest BCUT2D eigenvalue weighted by Gasteiger charge is 2.25. The van der Waals surface area contributed by atoms with Crippen molar-refractivity contribution in [2.45, 2.75) is 45.6 Å². The van der Waals surface area contributed by atoms with E-state index < -0.39 is 0 Å². The second kappa shape index (κ2) is 6.01. The molecule has 0 aliphatic carbocycles. The molecule has 3 aromatic rings. The first-order valence-electron chi connectivity index (χ1n) is 8.18. The number of thiazole rings is 1. The van der Waals surface area contributed by atoms with E-state index in [2.05, 4.69) is 15.1 Å². The Balaban J connectivity index is 1.55. The van der Waals surface area contributed by atoms with Gasteiger partial charge in [-0.1, -0.05) is 5.16 Å². The molecule has 1 aliphatic heterocycles. The third-order valence-electron chi connectivity index (χ3n) is 4.48. The van der Waals surface area contributed by atoms with Gasteiger partial charge in [-0.3, -0.25) is 9.20 Å². The molecule has 0 spiro atoms. The largest absolute Gasteiger partial charge is 0.339 e. The van der Waals surface area contributed by atoms with Crippen LogP contribution in [0, 0.1) is 6.92 Å². The van der Waals surface area contributed by atoms with Gasteiger partial charge in [0.2, 0.25) is 17.6 Å². The monoisotopic (exact) mass is 345 g/mol. The maximum atomic E-state index is 12.0. The second-order valence-corrected chi connectivity index (χ2v) is 7.08. The summed E-state index contributed by atoms with van der Waals surface area (Å²) < 4.78 is 7.41. The van der Waals surface area contributed by atoms with Crippen LogP contribution >= 0.6 is 11.3 Å². The molecule has 1 fully saturated rings. The van der Waals surface area contributed by atoms with Gasteiger partial charge in [0.25, 0.3) is 0 Å². The molecule has 1 atom stereocenters. The van der Waals surface area contributed by atoms with Crippen molar-refractivity contribution in [2.24, 2.45) is 0 Å². The Labute approximate surface area is 143 Å². The molecule has 0 bridgehead atoms. The Morgan fingerprint density at radius 3 is 3.08 bits per heavy atom. The minimum atomic E-state index is 0.0683. The third kappa shape index (κ3) is 2.60. The van der Waals surface area contributed by atoms with E-state index in [4.69, 9.17) is 4.52 Å². The normalized spacial score (nSPS) is 16.9. The Morgan fingerprint density at radius 2 is 2.25 bits per heavy atom. The molecule has 126 valence electrons. The van der Waals surface area contributed by atoms with Crippen molar-refractivity contribution in [3.8, 4) is 11.5 Å². The minimum absolute atomic E-state index is 0.0683. The van der Waals surface area contributed by atoms with Gasteiger partial charge in [0, 0.05) is 37.0 Å². The van der Waals surface area contributed by atoms with Crippen molar-refractivity contribution in [1.29, 1.82) is 0 Å². The number of rotatable bonds is 4. The molecule has 1 amide bonds. The maximum Gasteiger partial charge on any atom is 0.229 e. The van der Waals surface area contributed by atoms with E-state index in [0.29, 0.717) is 24.6 Å². The number of hydrogen-bond acceptors (Lipinski definition) is 6. The summed E-state index contributed by atoms with van der Waals surface area (Å²) in [7, 11) is 0. The second-order valence-electron chi connectivity index (χ2n) is 6.21. The maximum absolute atomic E-state index is 12.0. The van der Waals surface area contributed by atoms with Crippen molar-refractivity contribution in [3.05, 3.63) is 23.2 Å². The summed E-state index contributed by atoms with van der Waals surface area (Å²) in [5.41, 5.74) is 1.75. The molecular weight excluding hydrogens is 326 g/mol. The fraction of sp³-hybridized carbons (Fsp3) is 0.500. The van der Waals surface area contributed by atoms with E-state index in [1.807, 2.05) is 34.7 Å². The third-order valence-corrected chi connectivity index (χ3v) is 5.24. The molecule has 0 N–H and O–H groups in total. The summed E-state index contributed by atoms with van der Waals surface area (Å²) in [4.78, 5) is 23.9. The minimum Gasteiger partial charge on any atom is -0.339 e. The molecule has 4 rings (SSSR count). The average Bonchev–Trinajstić information content (AvgIpc) is 3.24. The summed E-state index contributed by atoms with van der Waals surface area (Å²) in [5, 5.41) is 6.10. The first kappa shape index (κ1) is 15.3. The van der Waals surface area contributed by atoms with Crippen LogP contribution < -0.4 is 0 Å². The average molecular weight is 345 g/mol. The van der Waals surface area contributed by atoms with Gasteiger partial charge >= 0.3 is 0 Å². The number of aryl methyl sites for hydroxylation is 1. The van der Waals surface area contributed by atoms with Crippen LogP contribution in [0.3, 0.4) is 0 Å². The van der Waals surface area contributed by atoms with Gasteiger partial charge in [-0.15, -0.1) is 11.3 Å². The van der Waals surface area contributed by atoms with Gasteiger partial charge < -0.3 is 9.42 Å². The lowest BCUT2D eigenvalue weighted by atomic mass is 10.1. The molecule has 24 heavy (non-hydrogen) atoms. The molecule has 0 aromatic carbocycles. The number of likely N-dealkylation sites (tertiary alicyclic amines) is 1. The molecule has 1 saturated heterocycles. The number of hydrogen-bond donors (Lipinski definition) is 0. The number of carbonyl (C=O) groups is 1. The Morgan fingerprint density at radius 1 is 1.38 bits per heavy atom. The van der Waals surface area contributed by atoms with Crippen molar-refractivity contribution in [1.82, 2.24) is 24.4 Å². The number of carbonyl (C=O) groups excluding carboxylic acids is 1. The molecule has 3 aromatic heterocycles. The molecule has 8 heteroatoms. The van der Waals surface area contributed by atoms with E-state index in [1.165, 1.54) is 0 Å². The Bertz CT molecular complexity index is 880. The predicted molar refractivity (Wildman–Crippen MR) is 89.8 cm³/mol. The predicted octanol–water partition coefficient (Wildman–Crippen LogP) is 2.70. The van der Waals surface area contributed by atoms with Gasteiger partial charge in [0.1, 0.15) is 5.69 Å². The van der Waals surface area contributed by atoms with Crippen LogP contribution in [-0.2, 0) is 11.2 Å². The number of aromatic nitrogens is 4. The van der Waals surface area contributed by atoms with Gasteiger partial charge in [0.05, 0.1) is 5.69 Å². The van der Waals surface area contributed by atoms with Crippen molar-refractivity contribution < 1.29 is 9.32 Å². The molecule has 1 aliphatic rings. The highest BCUT2D eigenvalue weighted by atomic mass is 32.1. The summed E-state index contributed by atoms with van der Waals surface area (Å²) in [6.07, 6.45) is 5.23. The van der Waals surface area contributed by atoms with Crippen molar-refractivity contribution >= 4 is 22.2 Å². The van der Waals surface area contributed by atoms with E-state index >= 15 is 0 Å². The van der Waals surface area contributed by atoms with Crippen LogP contribution in [0.1, 0.15) is 37.8 Å². The van der Waals surface area contributed by atoms with Gasteiger partial charge in [-0.2, -0.15) is 4.98 Å². The molecule has 0 saturated carbocycles. The van der Waals surface area contributed by atoms with Crippen molar-refractivity contribution in [2.75, 3.05) is 6.54 Å². The summed E-state index contributed by atoms with van der Waals surface area (Å²) >= 11 is 1.57. The zero-order chi connectivity index (χ0) is 16.7. The van der Waals surface area contributed by atoms with Crippen LogP contribution in [0.25, 0.3) is 16.5 Å². The molecule has 0 radical (unpaired) electrons. The molecule has 4 heterocycles. The van der Waals surface area contributed by atoms with Crippen LogP contribution in [0.5, 0.6) is 0 Å². The fourth-order valence-corrected chi connectivity index (χ4v) is 4.01. The standard InChI is InChI=1S/C16H19N5O2S/c1-10(20-6-4-3-5-13(20)22)9-12-18-15(19-23-12)14-11(2)17-16-21(14)7-8-24-16/h7-8,10H,3-6,9H2,1-2H3. The van der Waals surface area contributed by atoms with E-state index in [1.54, 1.807) is 11.3 Å². The number of amides is 1. The van der Waals surface area contributed by atoms with E-state index in [0.717, 1.165) is 35.7 Å². The topological polar surface area (TPSA) is 76.5 Å². The summed E-state index contributed by atoms with van der Waals surface area (Å²) in [5.74, 6) is 1.33. The summed E-state index contributed by atoms with van der Waals surface area (Å²) in [6, 6.07) is 0.0683. The van der Waals surface area contributed by atoms with E-state index in [-0.39, 0.29) is 11.9 Å². The number of piperidine rings is 1. The fourth-order valence-electron chi connectivity index (χ4n) is 3.25. The lowest BCUT2D eigenvalue weighted by Gasteiger charge is -2.31. The first-order chi connectivity index (χ1) is 11.6. The van der Waals surface area contributed by atoms with Gasteiger partial charge in [0.15, 0.2) is 4.96 Å². The number of nitrogens with zero attached hydrogens (tertiary/aromatic N) is 5. The van der Waals surface area contributed by atoms with Gasteiger partial charge in [-0.05, 0) is 26.7 Å². The highest BCUT2D eigenvalue weighted by molar-refractivity contribution is 7.15. The van der Waals surface area contributed by atoms with Crippen LogP contribution in [0.15, 0.2) is 16.1 Å². The quantitative estimate of drug-likeness (QED) is 0.726. The van der Waals surface area contributed by atoms with Crippen LogP contribution in [0.2, 0.25) is 0 Å². The zero-order valence-corrected chi connectivity index (χ0v) is 14.5. The molecular formula is C16H19N5O2S. The smallest absolute Gasteiger partial charge is 0.229 e. The zero-order valence-electron chi connectivity index (χ0n) is 13.7. The van der Waals surface area contributed by atoms with Crippen LogP contribution in [-0.4, -0.2) is 42.9 Å². The van der Waals surface area contributed by atoms with Crippen molar-refractivity contribution in [3.63, 3.8) is 0 Å². The SMILES string of the molecule is Cc1nc2sccn2c1-c1noc(CC(C)N2CCCCC2=O)n1. The Hall–Kier alpha value is -2.22. The highest BCUT2D eigenvalue weighted by Crippen LogP contribution is 2.25. The first-order valence-corrected chi connectivity index (χ1v) is 9.06. The van der Waals surface area contributed by atoms with Crippen LogP contribution in [0.4, 0.5) is 0 Å². The van der Waals surface area contributed by atoms with Gasteiger partial charge in [-0.25, -0.2) is 4.98 Å². The molecule has 7 nitrogen and oxygen atoms in total.